The van der Waals surface area contributed by atoms with E-state index in [9.17, 15) is 4.79 Å². The highest BCUT2D eigenvalue weighted by Crippen LogP contribution is 2.31. The summed E-state index contributed by atoms with van der Waals surface area (Å²) in [5.74, 6) is 0.825. The number of benzene rings is 1. The molecule has 0 saturated carbocycles. The summed E-state index contributed by atoms with van der Waals surface area (Å²) in [7, 11) is 1.63. The van der Waals surface area contributed by atoms with Gasteiger partial charge in [-0.3, -0.25) is 4.79 Å². The third-order valence-electron chi connectivity index (χ3n) is 4.57. The fourth-order valence-electron chi connectivity index (χ4n) is 3.15. The molecule has 0 radical (unpaired) electrons. The number of nitrogens with one attached hydrogen (secondary N) is 1. The Hall–Kier alpha value is -2.11. The van der Waals surface area contributed by atoms with Crippen LogP contribution in [-0.4, -0.2) is 29.5 Å². The third-order valence-corrected chi connectivity index (χ3v) is 5.74. The monoisotopic (exact) mass is 384 g/mol. The standard InChI is InChI=1S/C22H28N2O2S/c1-15-13-17-14-19(20(25)16-7-9-18(26-5)10-8-16)27-21(17)24(15)12-6-11-23-22(2,3)4/h7-10,13-14,23H,6,11-12H2,1-5H3. The van der Waals surface area contributed by atoms with Crippen molar-refractivity contribution in [1.82, 2.24) is 9.88 Å². The molecule has 5 heteroatoms. The molecule has 4 nitrogen and oxygen atoms in total. The molecular weight excluding hydrogens is 356 g/mol. The van der Waals surface area contributed by atoms with Gasteiger partial charge < -0.3 is 14.6 Å². The van der Waals surface area contributed by atoms with Gasteiger partial charge in [0.05, 0.1) is 12.0 Å². The Morgan fingerprint density at radius 3 is 2.52 bits per heavy atom. The molecule has 0 amide bonds. The highest BCUT2D eigenvalue weighted by molar-refractivity contribution is 7.20. The first-order valence-corrected chi connectivity index (χ1v) is 10.1. The maximum Gasteiger partial charge on any atom is 0.203 e. The van der Waals surface area contributed by atoms with Crippen molar-refractivity contribution in [2.45, 2.75) is 46.2 Å². The number of ether oxygens (including phenoxy) is 1. The normalized spacial score (nSPS) is 11.9. The van der Waals surface area contributed by atoms with Crippen LogP contribution in [0.1, 0.15) is 48.1 Å². The molecule has 0 bridgehead atoms. The predicted octanol–water partition coefficient (Wildman–Crippen LogP) is 5.03. The van der Waals surface area contributed by atoms with Crippen LogP contribution in [0.3, 0.4) is 0 Å². The summed E-state index contributed by atoms with van der Waals surface area (Å²) in [6, 6.07) is 11.5. The lowest BCUT2D eigenvalue weighted by Gasteiger charge is -2.20. The number of methoxy groups -OCH3 is 1. The lowest BCUT2D eigenvalue weighted by molar-refractivity contribution is 0.104. The Kier molecular flexibility index (Phi) is 5.72. The number of fused-ring (bicyclic) bond motifs is 1. The zero-order chi connectivity index (χ0) is 19.6. The molecule has 0 aliphatic carbocycles. The number of thiophene rings is 1. The highest BCUT2D eigenvalue weighted by atomic mass is 32.1. The molecule has 0 aliphatic heterocycles. The van der Waals surface area contributed by atoms with E-state index in [0.29, 0.717) is 5.56 Å². The van der Waals surface area contributed by atoms with E-state index in [1.54, 1.807) is 18.4 Å². The predicted molar refractivity (Wildman–Crippen MR) is 113 cm³/mol. The van der Waals surface area contributed by atoms with Gasteiger partial charge in [0.1, 0.15) is 10.6 Å². The van der Waals surface area contributed by atoms with Crippen molar-refractivity contribution in [3.05, 3.63) is 52.5 Å². The molecule has 0 fully saturated rings. The zero-order valence-corrected chi connectivity index (χ0v) is 17.6. The van der Waals surface area contributed by atoms with E-state index in [-0.39, 0.29) is 11.3 Å². The number of aryl methyl sites for hydroxylation is 2. The number of carbonyl (C=O) groups excluding carboxylic acids is 1. The van der Waals surface area contributed by atoms with Crippen LogP contribution in [0.4, 0.5) is 0 Å². The van der Waals surface area contributed by atoms with Gasteiger partial charge in [-0.2, -0.15) is 0 Å². The van der Waals surface area contributed by atoms with Gasteiger partial charge in [0.2, 0.25) is 5.78 Å². The van der Waals surface area contributed by atoms with Crippen LogP contribution in [0.2, 0.25) is 0 Å². The second-order valence-electron chi connectivity index (χ2n) is 7.90. The van der Waals surface area contributed by atoms with E-state index in [0.717, 1.165) is 35.5 Å². The van der Waals surface area contributed by atoms with Crippen LogP contribution in [-0.2, 0) is 6.54 Å². The van der Waals surface area contributed by atoms with Crippen LogP contribution < -0.4 is 10.1 Å². The Morgan fingerprint density at radius 1 is 1.19 bits per heavy atom. The summed E-state index contributed by atoms with van der Waals surface area (Å²) in [6.07, 6.45) is 1.06. The molecule has 144 valence electrons. The maximum absolute atomic E-state index is 12.8. The molecule has 3 aromatic rings. The summed E-state index contributed by atoms with van der Waals surface area (Å²) >= 11 is 1.58. The minimum atomic E-state index is 0.0671. The number of hydrogen-bond acceptors (Lipinski definition) is 4. The van der Waals surface area contributed by atoms with Gasteiger partial charge in [-0.15, -0.1) is 11.3 Å². The number of aromatic nitrogens is 1. The van der Waals surface area contributed by atoms with E-state index in [1.165, 1.54) is 10.5 Å². The number of nitrogens with zero attached hydrogens (tertiary/aromatic N) is 1. The molecule has 0 atom stereocenters. The van der Waals surface area contributed by atoms with Gasteiger partial charge in [-0.25, -0.2) is 0 Å². The van der Waals surface area contributed by atoms with Gasteiger partial charge >= 0.3 is 0 Å². The Morgan fingerprint density at radius 2 is 1.89 bits per heavy atom. The summed E-state index contributed by atoms with van der Waals surface area (Å²) in [6.45, 7) is 10.6. The van der Waals surface area contributed by atoms with Gasteiger partial charge in [0.25, 0.3) is 0 Å². The Bertz CT molecular complexity index is 930. The molecule has 0 saturated heterocycles. The minimum absolute atomic E-state index is 0.0671. The van der Waals surface area contributed by atoms with Gasteiger partial charge in [-0.05, 0) is 77.1 Å². The van der Waals surface area contributed by atoms with E-state index in [4.69, 9.17) is 4.74 Å². The van der Waals surface area contributed by atoms with E-state index < -0.39 is 0 Å². The first kappa shape index (κ1) is 19.6. The minimum Gasteiger partial charge on any atom is -0.497 e. The van der Waals surface area contributed by atoms with E-state index in [1.807, 2.05) is 30.3 Å². The van der Waals surface area contributed by atoms with Crippen molar-refractivity contribution in [3.8, 4) is 5.75 Å². The van der Waals surface area contributed by atoms with Crippen LogP contribution in [0.25, 0.3) is 10.2 Å². The van der Waals surface area contributed by atoms with Crippen molar-refractivity contribution in [1.29, 1.82) is 0 Å². The number of rotatable bonds is 7. The van der Waals surface area contributed by atoms with Gasteiger partial charge in [-0.1, -0.05) is 0 Å². The van der Waals surface area contributed by atoms with Crippen LogP contribution in [0, 0.1) is 6.92 Å². The number of hydrogen-bond donors (Lipinski definition) is 1. The number of ketones is 1. The van der Waals surface area contributed by atoms with Crippen molar-refractivity contribution < 1.29 is 9.53 Å². The van der Waals surface area contributed by atoms with Gasteiger partial charge in [0, 0.05) is 28.7 Å². The molecule has 2 heterocycles. The molecule has 3 rings (SSSR count). The largest absolute Gasteiger partial charge is 0.497 e. The smallest absolute Gasteiger partial charge is 0.203 e. The second-order valence-corrected chi connectivity index (χ2v) is 8.93. The second kappa shape index (κ2) is 7.87. The average molecular weight is 385 g/mol. The van der Waals surface area contributed by atoms with Crippen molar-refractivity contribution in [2.24, 2.45) is 0 Å². The Balaban J connectivity index is 1.77. The first-order chi connectivity index (χ1) is 12.8. The molecule has 1 aromatic carbocycles. The maximum atomic E-state index is 12.8. The van der Waals surface area contributed by atoms with Crippen LogP contribution in [0.15, 0.2) is 36.4 Å². The molecule has 2 aromatic heterocycles. The topological polar surface area (TPSA) is 43.3 Å². The Labute approximate surface area is 165 Å². The first-order valence-electron chi connectivity index (χ1n) is 9.32. The van der Waals surface area contributed by atoms with Crippen molar-refractivity contribution >= 4 is 27.3 Å². The molecule has 27 heavy (non-hydrogen) atoms. The summed E-state index contributed by atoms with van der Waals surface area (Å²) < 4.78 is 7.50. The van der Waals surface area contributed by atoms with E-state index >= 15 is 0 Å². The molecule has 0 spiro atoms. The fraction of sp³-hybridized carbons (Fsp3) is 0.409. The highest BCUT2D eigenvalue weighted by Gasteiger charge is 2.16. The SMILES string of the molecule is COc1ccc(C(=O)c2cc3cc(C)n(CCCNC(C)(C)C)c3s2)cc1. The van der Waals surface area contributed by atoms with Crippen molar-refractivity contribution in [2.75, 3.05) is 13.7 Å². The lowest BCUT2D eigenvalue weighted by Crippen LogP contribution is -2.36. The number of carbonyl (C=O) groups is 1. The third kappa shape index (κ3) is 4.60. The van der Waals surface area contributed by atoms with Gasteiger partial charge in [0.15, 0.2) is 0 Å². The average Bonchev–Trinajstić information content (AvgIpc) is 3.15. The summed E-state index contributed by atoms with van der Waals surface area (Å²) in [5, 5.41) is 4.68. The fourth-order valence-corrected chi connectivity index (χ4v) is 4.33. The zero-order valence-electron chi connectivity index (χ0n) is 16.8. The quantitative estimate of drug-likeness (QED) is 0.459. The molecule has 0 unspecified atom stereocenters. The summed E-state index contributed by atoms with van der Waals surface area (Å²) in [5.41, 5.74) is 2.08. The van der Waals surface area contributed by atoms with Crippen molar-refractivity contribution in [3.63, 3.8) is 0 Å². The molecule has 1 N–H and O–H groups in total. The van der Waals surface area contributed by atoms with E-state index in [2.05, 4.69) is 43.6 Å². The van der Waals surface area contributed by atoms with Crippen LogP contribution >= 0.6 is 11.3 Å². The molecule has 0 aliphatic rings. The molecular formula is C22H28N2O2S. The summed E-state index contributed by atoms with van der Waals surface area (Å²) in [4.78, 5) is 14.8. The van der Waals surface area contributed by atoms with Crippen LogP contribution in [0.5, 0.6) is 5.75 Å². The lowest BCUT2D eigenvalue weighted by atomic mass is 10.1.